The van der Waals surface area contributed by atoms with Crippen LogP contribution in [0.1, 0.15) is 15.9 Å². The highest BCUT2D eigenvalue weighted by Crippen LogP contribution is 2.12. The molecule has 0 N–H and O–H groups in total. The molecule has 3 nitrogen and oxygen atoms in total. The van der Waals surface area contributed by atoms with Crippen LogP contribution in [-0.2, 0) is 16.1 Å². The quantitative estimate of drug-likeness (QED) is 0.750. The lowest BCUT2D eigenvalue weighted by molar-refractivity contribution is 0.00981. The van der Waals surface area contributed by atoms with Crippen molar-refractivity contribution in [2.45, 2.75) is 13.0 Å². The molecule has 0 bridgehead atoms. The van der Waals surface area contributed by atoms with Crippen LogP contribution < -0.4 is 0 Å². The van der Waals surface area contributed by atoms with E-state index in [2.05, 4.69) is 9.47 Å². The predicted molar refractivity (Wildman–Crippen MR) is 53.4 cm³/mol. The summed E-state index contributed by atoms with van der Waals surface area (Å²) >= 11 is 0. The zero-order valence-corrected chi connectivity index (χ0v) is 9.08. The van der Waals surface area contributed by atoms with E-state index >= 15 is 0 Å². The zero-order chi connectivity index (χ0) is 12.8. The fourth-order valence-corrected chi connectivity index (χ4v) is 1.19. The lowest BCUT2D eigenvalue weighted by Crippen LogP contribution is -2.07. The maximum Gasteiger partial charge on any atom is 0.340 e. The average Bonchev–Trinajstić information content (AvgIpc) is 2.28. The predicted octanol–water partition coefficient (Wildman–Crippen LogP) is 2.39. The molecule has 0 heterocycles. The maximum atomic E-state index is 13.4. The van der Waals surface area contributed by atoms with Crippen LogP contribution in [-0.4, -0.2) is 26.1 Å². The summed E-state index contributed by atoms with van der Waals surface area (Å²) in [5.41, 5.74) is 0.168. The molecule has 0 aliphatic rings. The maximum absolute atomic E-state index is 13.4. The number of carbonyl (C=O) groups is 1. The Hall–Kier alpha value is -1.56. The summed E-state index contributed by atoms with van der Waals surface area (Å²) in [6.45, 7) is -0.844. The van der Waals surface area contributed by atoms with E-state index < -0.39 is 24.8 Å². The number of benzene rings is 1. The van der Waals surface area contributed by atoms with E-state index in [1.54, 1.807) is 0 Å². The van der Waals surface area contributed by atoms with Crippen molar-refractivity contribution in [1.29, 1.82) is 0 Å². The number of carbonyl (C=O) groups excluding carboxylic acids is 1. The van der Waals surface area contributed by atoms with Crippen molar-refractivity contribution in [3.05, 3.63) is 35.1 Å². The van der Waals surface area contributed by atoms with Crippen LogP contribution in [0, 0.1) is 5.82 Å². The first-order chi connectivity index (χ1) is 8.04. The second-order valence-corrected chi connectivity index (χ2v) is 3.21. The number of hydrogen-bond acceptors (Lipinski definition) is 3. The SMILES string of the molecule is COC(=O)c1ccc(COCC(F)F)cc1F. The molecule has 6 heteroatoms. The Kier molecular flexibility index (Phi) is 4.96. The van der Waals surface area contributed by atoms with E-state index in [0.717, 1.165) is 13.2 Å². The Morgan fingerprint density at radius 3 is 2.65 bits per heavy atom. The molecule has 0 aliphatic carbocycles. The second-order valence-electron chi connectivity index (χ2n) is 3.21. The Balaban J connectivity index is 2.65. The molecule has 0 spiro atoms. The van der Waals surface area contributed by atoms with Gasteiger partial charge >= 0.3 is 5.97 Å². The van der Waals surface area contributed by atoms with Gasteiger partial charge in [0.05, 0.1) is 19.3 Å². The standard InChI is InChI=1S/C11H11F3O3/c1-16-11(15)8-3-2-7(4-9(8)12)5-17-6-10(13)14/h2-4,10H,5-6H2,1H3. The molecule has 0 saturated heterocycles. The van der Waals surface area contributed by atoms with Crippen molar-refractivity contribution < 1.29 is 27.4 Å². The molecule has 0 radical (unpaired) electrons. The number of rotatable bonds is 5. The third kappa shape index (κ3) is 4.07. The molecule has 1 rings (SSSR count). The number of methoxy groups -OCH3 is 1. The van der Waals surface area contributed by atoms with Gasteiger partial charge in [-0.1, -0.05) is 6.07 Å². The highest BCUT2D eigenvalue weighted by atomic mass is 19.3. The second kappa shape index (κ2) is 6.24. The molecule has 0 saturated carbocycles. The molecule has 0 amide bonds. The zero-order valence-electron chi connectivity index (χ0n) is 9.08. The van der Waals surface area contributed by atoms with E-state index in [-0.39, 0.29) is 12.2 Å². The van der Waals surface area contributed by atoms with Gasteiger partial charge in [-0.15, -0.1) is 0 Å². The van der Waals surface area contributed by atoms with Gasteiger partial charge in [-0.2, -0.15) is 0 Å². The summed E-state index contributed by atoms with van der Waals surface area (Å²) in [5, 5.41) is 0. The molecule has 1 aromatic carbocycles. The minimum atomic E-state index is -2.56. The van der Waals surface area contributed by atoms with Crippen molar-refractivity contribution >= 4 is 5.97 Å². The largest absolute Gasteiger partial charge is 0.465 e. The van der Waals surface area contributed by atoms with Crippen molar-refractivity contribution in [3.8, 4) is 0 Å². The van der Waals surface area contributed by atoms with Crippen molar-refractivity contribution in [3.63, 3.8) is 0 Å². The van der Waals surface area contributed by atoms with Gasteiger partial charge in [-0.3, -0.25) is 0 Å². The van der Waals surface area contributed by atoms with E-state index in [4.69, 9.17) is 0 Å². The first-order valence-electron chi connectivity index (χ1n) is 4.77. The Morgan fingerprint density at radius 1 is 1.41 bits per heavy atom. The van der Waals surface area contributed by atoms with Gasteiger partial charge in [-0.05, 0) is 17.7 Å². The van der Waals surface area contributed by atoms with Crippen LogP contribution >= 0.6 is 0 Å². The van der Waals surface area contributed by atoms with Crippen molar-refractivity contribution in [1.82, 2.24) is 0 Å². The fourth-order valence-electron chi connectivity index (χ4n) is 1.19. The first kappa shape index (κ1) is 13.5. The Bertz CT molecular complexity index is 394. The van der Waals surface area contributed by atoms with Gasteiger partial charge in [-0.25, -0.2) is 18.0 Å². The monoisotopic (exact) mass is 248 g/mol. The van der Waals surface area contributed by atoms with Gasteiger partial charge in [0.1, 0.15) is 12.4 Å². The van der Waals surface area contributed by atoms with Crippen molar-refractivity contribution in [2.75, 3.05) is 13.7 Å². The summed E-state index contributed by atoms with van der Waals surface area (Å²) < 4.78 is 45.9. The lowest BCUT2D eigenvalue weighted by atomic mass is 10.1. The molecule has 0 aromatic heterocycles. The van der Waals surface area contributed by atoms with Crippen LogP contribution in [0.5, 0.6) is 0 Å². The molecule has 0 aliphatic heterocycles. The van der Waals surface area contributed by atoms with Gasteiger partial charge in [0.15, 0.2) is 0 Å². The number of halogens is 3. The summed E-state index contributed by atoms with van der Waals surface area (Å²) in [7, 11) is 1.14. The molecule has 0 atom stereocenters. The number of esters is 1. The highest BCUT2D eigenvalue weighted by Gasteiger charge is 2.12. The Morgan fingerprint density at radius 2 is 2.12 bits per heavy atom. The third-order valence-electron chi connectivity index (χ3n) is 1.95. The number of ether oxygens (including phenoxy) is 2. The highest BCUT2D eigenvalue weighted by molar-refractivity contribution is 5.89. The molecular weight excluding hydrogens is 237 g/mol. The number of alkyl halides is 2. The average molecular weight is 248 g/mol. The van der Waals surface area contributed by atoms with Gasteiger partial charge in [0.25, 0.3) is 6.43 Å². The molecule has 0 fully saturated rings. The van der Waals surface area contributed by atoms with Crippen LogP contribution in [0.25, 0.3) is 0 Å². The molecule has 17 heavy (non-hydrogen) atoms. The topological polar surface area (TPSA) is 35.5 Å². The molecule has 1 aromatic rings. The van der Waals surface area contributed by atoms with Gasteiger partial charge in [0.2, 0.25) is 0 Å². The smallest absolute Gasteiger partial charge is 0.340 e. The van der Waals surface area contributed by atoms with Crippen LogP contribution in [0.4, 0.5) is 13.2 Å². The lowest BCUT2D eigenvalue weighted by Gasteiger charge is -2.06. The van der Waals surface area contributed by atoms with E-state index in [9.17, 15) is 18.0 Å². The minimum Gasteiger partial charge on any atom is -0.465 e. The summed E-state index contributed by atoms with van der Waals surface area (Å²) in [4.78, 5) is 11.1. The van der Waals surface area contributed by atoms with Gasteiger partial charge < -0.3 is 9.47 Å². The first-order valence-corrected chi connectivity index (χ1v) is 4.77. The summed E-state index contributed by atoms with van der Waals surface area (Å²) in [6.07, 6.45) is -2.56. The molecular formula is C11H11F3O3. The normalized spacial score (nSPS) is 10.6. The Labute approximate surface area is 96.1 Å². The number of hydrogen-bond donors (Lipinski definition) is 0. The minimum absolute atomic E-state index is 0.136. The fraction of sp³-hybridized carbons (Fsp3) is 0.364. The molecule has 94 valence electrons. The van der Waals surface area contributed by atoms with Gasteiger partial charge in [0, 0.05) is 0 Å². The van der Waals surface area contributed by atoms with E-state index in [1.807, 2.05) is 0 Å². The molecule has 0 unspecified atom stereocenters. The van der Waals surface area contributed by atoms with E-state index in [0.29, 0.717) is 5.56 Å². The van der Waals surface area contributed by atoms with E-state index in [1.165, 1.54) is 12.1 Å². The van der Waals surface area contributed by atoms with Crippen LogP contribution in [0.2, 0.25) is 0 Å². The van der Waals surface area contributed by atoms with Crippen LogP contribution in [0.3, 0.4) is 0 Å². The summed E-state index contributed by atoms with van der Waals surface area (Å²) in [6, 6.07) is 3.70. The third-order valence-corrected chi connectivity index (χ3v) is 1.95. The summed E-state index contributed by atoms with van der Waals surface area (Å²) in [5.74, 6) is -1.56. The van der Waals surface area contributed by atoms with Crippen molar-refractivity contribution in [2.24, 2.45) is 0 Å². The van der Waals surface area contributed by atoms with Crippen LogP contribution in [0.15, 0.2) is 18.2 Å².